The number of imidazole rings is 1. The van der Waals surface area contributed by atoms with Crippen molar-refractivity contribution in [2.24, 2.45) is 0 Å². The quantitative estimate of drug-likeness (QED) is 0.194. The molecule has 0 bridgehead atoms. The van der Waals surface area contributed by atoms with Crippen molar-refractivity contribution in [1.82, 2.24) is 19.4 Å². The fourth-order valence-electron chi connectivity index (χ4n) is 5.58. The third-order valence-corrected chi connectivity index (χ3v) is 7.97. The van der Waals surface area contributed by atoms with Crippen LogP contribution in [0.4, 0.5) is 10.1 Å². The summed E-state index contributed by atoms with van der Waals surface area (Å²) in [6, 6.07) is 31.3. The van der Waals surface area contributed by atoms with Crippen molar-refractivity contribution < 1.29 is 13.9 Å². The first-order valence-corrected chi connectivity index (χ1v) is 14.6. The fourth-order valence-corrected chi connectivity index (χ4v) is 5.75. The molecule has 0 spiro atoms. The fraction of sp³-hybridized carbons (Fsp3) is 0.114. The minimum absolute atomic E-state index is 0.203. The van der Waals surface area contributed by atoms with Crippen molar-refractivity contribution in [3.63, 3.8) is 0 Å². The predicted octanol–water partition coefficient (Wildman–Crippen LogP) is 7.58. The second kappa shape index (κ2) is 11.8. The number of aromatic nitrogens is 3. The number of hydrogen-bond acceptors (Lipinski definition) is 5. The molecule has 1 N–H and O–H groups in total. The van der Waals surface area contributed by atoms with Gasteiger partial charge in [-0.15, -0.1) is 0 Å². The number of ether oxygens (including phenoxy) is 1. The van der Waals surface area contributed by atoms with Gasteiger partial charge in [0.15, 0.2) is 0 Å². The van der Waals surface area contributed by atoms with Crippen LogP contribution in [0.25, 0.3) is 22.4 Å². The highest BCUT2D eigenvalue weighted by molar-refractivity contribution is 6.31. The van der Waals surface area contributed by atoms with Gasteiger partial charge in [-0.1, -0.05) is 41.9 Å². The first kappa shape index (κ1) is 27.6. The van der Waals surface area contributed by atoms with E-state index in [0.29, 0.717) is 34.1 Å². The Balaban J connectivity index is 1.10. The molecule has 44 heavy (non-hydrogen) atoms. The molecule has 1 aliphatic rings. The van der Waals surface area contributed by atoms with Crippen molar-refractivity contribution >= 4 is 34.2 Å². The van der Waals surface area contributed by atoms with Gasteiger partial charge in [-0.25, -0.2) is 9.37 Å². The average Bonchev–Trinajstić information content (AvgIpc) is 3.41. The van der Waals surface area contributed by atoms with Crippen molar-refractivity contribution in [3.05, 3.63) is 143 Å². The Hall–Kier alpha value is -5.21. The van der Waals surface area contributed by atoms with E-state index in [9.17, 15) is 9.18 Å². The summed E-state index contributed by atoms with van der Waals surface area (Å²) >= 11 is 6.19. The van der Waals surface area contributed by atoms with Gasteiger partial charge in [0.2, 0.25) is 0 Å². The lowest BCUT2D eigenvalue weighted by Crippen LogP contribution is -2.45. The summed E-state index contributed by atoms with van der Waals surface area (Å²) < 4.78 is 23.1. The van der Waals surface area contributed by atoms with Crippen LogP contribution in [-0.4, -0.2) is 38.5 Å². The van der Waals surface area contributed by atoms with Crippen molar-refractivity contribution in [1.29, 1.82) is 0 Å². The first-order chi connectivity index (χ1) is 21.5. The monoisotopic (exact) mass is 603 g/mol. The second-order valence-electron chi connectivity index (χ2n) is 10.5. The minimum atomic E-state index is -0.697. The van der Waals surface area contributed by atoms with Gasteiger partial charge < -0.3 is 19.5 Å². The Kier molecular flexibility index (Phi) is 7.42. The molecular formula is C35H27ClFN5O2. The highest BCUT2D eigenvalue weighted by Crippen LogP contribution is 2.35. The van der Waals surface area contributed by atoms with Crippen LogP contribution in [0, 0.1) is 5.82 Å². The van der Waals surface area contributed by atoms with Crippen LogP contribution in [0.1, 0.15) is 27.7 Å². The van der Waals surface area contributed by atoms with Crippen LogP contribution in [0.3, 0.4) is 0 Å². The number of amides is 1. The summed E-state index contributed by atoms with van der Waals surface area (Å²) in [5.41, 5.74) is 5.46. The standard InChI is InChI=1S/C35H27ClFN5O2/c36-25-11-14-30-28(21-25)35(43)41(34(39-30)27-5-1-2-6-29(27)37)19-20-44-26-12-9-24(10-13-26)33-40-31-7-3-4-8-32(31)42(33)22-23-15-17-38-18-16-23/h1-18,21,34,39H,19-20,22H2. The molecule has 0 saturated carbocycles. The Morgan fingerprint density at radius 1 is 0.909 bits per heavy atom. The normalized spacial score (nSPS) is 14.4. The summed E-state index contributed by atoms with van der Waals surface area (Å²) in [4.78, 5) is 24.2. The zero-order valence-electron chi connectivity index (χ0n) is 23.5. The van der Waals surface area contributed by atoms with Crippen molar-refractivity contribution in [2.75, 3.05) is 18.5 Å². The van der Waals surface area contributed by atoms with Gasteiger partial charge in [-0.2, -0.15) is 0 Å². The smallest absolute Gasteiger partial charge is 0.258 e. The van der Waals surface area contributed by atoms with Gasteiger partial charge >= 0.3 is 0 Å². The highest BCUT2D eigenvalue weighted by atomic mass is 35.5. The number of carbonyl (C=O) groups is 1. The second-order valence-corrected chi connectivity index (χ2v) is 10.9. The third kappa shape index (κ3) is 5.36. The number of hydrogen-bond donors (Lipinski definition) is 1. The number of carbonyl (C=O) groups excluding carboxylic acids is 1. The number of anilines is 1. The van der Waals surface area contributed by atoms with Crippen LogP contribution in [-0.2, 0) is 6.54 Å². The molecule has 2 aromatic heterocycles. The van der Waals surface area contributed by atoms with E-state index in [-0.39, 0.29) is 19.1 Å². The van der Waals surface area contributed by atoms with E-state index in [4.69, 9.17) is 21.3 Å². The van der Waals surface area contributed by atoms with Gasteiger partial charge in [-0.3, -0.25) is 9.78 Å². The Morgan fingerprint density at radius 2 is 1.68 bits per heavy atom. The van der Waals surface area contributed by atoms with E-state index >= 15 is 0 Å². The van der Waals surface area contributed by atoms with Gasteiger partial charge in [0.05, 0.1) is 23.1 Å². The summed E-state index contributed by atoms with van der Waals surface area (Å²) in [5, 5.41) is 3.76. The highest BCUT2D eigenvalue weighted by Gasteiger charge is 2.34. The molecular weight excluding hydrogens is 577 g/mol. The van der Waals surface area contributed by atoms with Crippen LogP contribution >= 0.6 is 11.6 Å². The lowest BCUT2D eigenvalue weighted by Gasteiger charge is -2.38. The Labute approximate surface area is 258 Å². The van der Waals surface area contributed by atoms with E-state index in [2.05, 4.69) is 20.9 Å². The van der Waals surface area contributed by atoms with Gasteiger partial charge in [-0.05, 0) is 78.4 Å². The van der Waals surface area contributed by atoms with Gasteiger partial charge in [0.25, 0.3) is 5.91 Å². The lowest BCUT2D eigenvalue weighted by atomic mass is 10.0. The molecule has 1 atom stereocenters. The van der Waals surface area contributed by atoms with Crippen molar-refractivity contribution in [2.45, 2.75) is 12.7 Å². The maximum absolute atomic E-state index is 14.9. The molecule has 4 aromatic carbocycles. The van der Waals surface area contributed by atoms with E-state index in [1.807, 2.05) is 54.6 Å². The maximum Gasteiger partial charge on any atom is 0.258 e. The molecule has 9 heteroatoms. The molecule has 0 aliphatic carbocycles. The maximum atomic E-state index is 14.9. The number of pyridine rings is 1. The zero-order valence-corrected chi connectivity index (χ0v) is 24.3. The SMILES string of the molecule is O=C1c2cc(Cl)ccc2NC(c2ccccc2F)N1CCOc1ccc(-c2nc3ccccc3n2Cc2ccncc2)cc1. The Morgan fingerprint density at radius 3 is 2.50 bits per heavy atom. The summed E-state index contributed by atoms with van der Waals surface area (Å²) in [6.07, 6.45) is 2.89. The molecule has 1 aliphatic heterocycles. The largest absolute Gasteiger partial charge is 0.492 e. The van der Waals surface area contributed by atoms with Crippen LogP contribution in [0.2, 0.25) is 5.02 Å². The molecule has 6 aromatic rings. The average molecular weight is 604 g/mol. The van der Waals surface area contributed by atoms with Crippen LogP contribution < -0.4 is 10.1 Å². The number of halogens is 2. The number of benzene rings is 4. The Bertz CT molecular complexity index is 1960. The molecule has 218 valence electrons. The number of nitrogens with zero attached hydrogens (tertiary/aromatic N) is 4. The van der Waals surface area contributed by atoms with E-state index in [1.165, 1.54) is 6.07 Å². The lowest BCUT2D eigenvalue weighted by molar-refractivity contribution is 0.0648. The molecule has 7 rings (SSSR count). The summed E-state index contributed by atoms with van der Waals surface area (Å²) in [6.45, 7) is 1.08. The number of fused-ring (bicyclic) bond motifs is 2. The topological polar surface area (TPSA) is 72.3 Å². The molecule has 0 saturated heterocycles. The van der Waals surface area contributed by atoms with E-state index < -0.39 is 12.0 Å². The molecule has 3 heterocycles. The first-order valence-electron chi connectivity index (χ1n) is 14.2. The van der Waals surface area contributed by atoms with Crippen LogP contribution in [0.15, 0.2) is 116 Å². The zero-order chi connectivity index (χ0) is 30.0. The summed E-state index contributed by atoms with van der Waals surface area (Å²) in [7, 11) is 0. The molecule has 1 unspecified atom stereocenters. The van der Waals surface area contributed by atoms with Crippen LogP contribution in [0.5, 0.6) is 5.75 Å². The summed E-state index contributed by atoms with van der Waals surface area (Å²) in [5.74, 6) is 0.853. The van der Waals surface area contributed by atoms with Gasteiger partial charge in [0.1, 0.15) is 30.2 Å². The number of para-hydroxylation sites is 2. The minimum Gasteiger partial charge on any atom is -0.492 e. The van der Waals surface area contributed by atoms with E-state index in [0.717, 1.165) is 28.0 Å². The molecule has 0 fully saturated rings. The molecule has 1 amide bonds. The number of nitrogens with one attached hydrogen (secondary N) is 1. The molecule has 0 radical (unpaired) electrons. The third-order valence-electron chi connectivity index (χ3n) is 7.73. The van der Waals surface area contributed by atoms with Crippen molar-refractivity contribution in [3.8, 4) is 17.1 Å². The molecule has 7 nitrogen and oxygen atoms in total. The predicted molar refractivity (Wildman–Crippen MR) is 169 cm³/mol. The van der Waals surface area contributed by atoms with E-state index in [1.54, 1.807) is 53.7 Å². The van der Waals surface area contributed by atoms with Gasteiger partial charge in [0, 0.05) is 40.8 Å². The number of rotatable bonds is 8.